The fraction of sp³-hybridized carbons (Fsp3) is 0.500. The molecule has 0 aliphatic rings. The van der Waals surface area contributed by atoms with Crippen LogP contribution in [0.3, 0.4) is 0 Å². The van der Waals surface area contributed by atoms with Crippen molar-refractivity contribution in [2.24, 2.45) is 5.73 Å². The predicted molar refractivity (Wildman–Crippen MR) is 72.0 cm³/mol. The van der Waals surface area contributed by atoms with E-state index >= 15 is 0 Å². The van der Waals surface area contributed by atoms with E-state index in [1.807, 2.05) is 37.4 Å². The van der Waals surface area contributed by atoms with Gasteiger partial charge in [-0.1, -0.05) is 36.8 Å². The van der Waals surface area contributed by atoms with Crippen molar-refractivity contribution in [3.63, 3.8) is 0 Å². The average Bonchev–Trinajstić information content (AvgIpc) is 2.42. The summed E-state index contributed by atoms with van der Waals surface area (Å²) in [5.74, 6) is -0.316. The minimum absolute atomic E-state index is 0.296. The Labute approximate surface area is 109 Å². The van der Waals surface area contributed by atoms with Crippen LogP contribution in [0.25, 0.3) is 0 Å². The molecule has 4 heteroatoms. The molecular weight excluding hydrogens is 228 g/mol. The van der Waals surface area contributed by atoms with Gasteiger partial charge >= 0.3 is 5.97 Å². The molecule has 0 amide bonds. The number of carbonyl (C=O) groups excluding carboxylic acids is 1. The van der Waals surface area contributed by atoms with Crippen LogP contribution in [0.15, 0.2) is 30.3 Å². The van der Waals surface area contributed by atoms with Crippen LogP contribution in [-0.4, -0.2) is 25.6 Å². The lowest BCUT2D eigenvalue weighted by molar-refractivity contribution is -0.146. The second kappa shape index (κ2) is 8.66. The maximum atomic E-state index is 11.6. The zero-order chi connectivity index (χ0) is 13.2. The highest BCUT2D eigenvalue weighted by molar-refractivity contribution is 5.75. The van der Waals surface area contributed by atoms with Crippen molar-refractivity contribution >= 4 is 5.97 Å². The van der Waals surface area contributed by atoms with Gasteiger partial charge in [0.25, 0.3) is 0 Å². The standard InChI is InChI=1S/C14H22N2O2/c1-16-10-6-5-9-13(15)14(17)18-11-12-7-3-2-4-8-12/h2-4,7-8,13,16H,5-6,9-11,15H2,1H3/t13-/m0/s1. The van der Waals surface area contributed by atoms with Gasteiger partial charge in [0.05, 0.1) is 0 Å². The van der Waals surface area contributed by atoms with E-state index in [1.165, 1.54) is 0 Å². The Kier molecular flexibility index (Phi) is 7.06. The first-order valence-corrected chi connectivity index (χ1v) is 6.34. The lowest BCUT2D eigenvalue weighted by atomic mass is 10.1. The molecule has 0 heterocycles. The summed E-state index contributed by atoms with van der Waals surface area (Å²) in [5, 5.41) is 3.06. The van der Waals surface area contributed by atoms with Crippen LogP contribution >= 0.6 is 0 Å². The Morgan fingerprint density at radius 2 is 2.06 bits per heavy atom. The fourth-order valence-electron chi connectivity index (χ4n) is 1.62. The first-order valence-electron chi connectivity index (χ1n) is 6.34. The number of nitrogens with one attached hydrogen (secondary N) is 1. The molecule has 0 saturated carbocycles. The summed E-state index contributed by atoms with van der Waals surface area (Å²) in [6, 6.07) is 9.10. The van der Waals surface area contributed by atoms with Gasteiger partial charge in [-0.3, -0.25) is 4.79 Å². The lowest BCUT2D eigenvalue weighted by Crippen LogP contribution is -2.32. The zero-order valence-corrected chi connectivity index (χ0v) is 10.9. The summed E-state index contributed by atoms with van der Waals surface area (Å²) in [4.78, 5) is 11.6. The second-order valence-electron chi connectivity index (χ2n) is 4.30. The molecule has 0 radical (unpaired) electrons. The molecule has 1 aromatic rings. The fourth-order valence-corrected chi connectivity index (χ4v) is 1.62. The smallest absolute Gasteiger partial charge is 0.323 e. The number of benzene rings is 1. The maximum Gasteiger partial charge on any atom is 0.323 e. The number of hydrogen-bond donors (Lipinski definition) is 2. The number of carbonyl (C=O) groups is 1. The molecule has 0 aliphatic heterocycles. The van der Waals surface area contributed by atoms with Gasteiger partial charge in [0.1, 0.15) is 12.6 Å². The van der Waals surface area contributed by atoms with E-state index in [-0.39, 0.29) is 5.97 Å². The number of ether oxygens (including phenoxy) is 1. The van der Waals surface area contributed by atoms with Crippen LogP contribution in [0.2, 0.25) is 0 Å². The SMILES string of the molecule is CNCCCC[C@H](N)C(=O)OCc1ccccc1. The van der Waals surface area contributed by atoms with E-state index in [2.05, 4.69) is 5.32 Å². The van der Waals surface area contributed by atoms with Gasteiger partial charge in [0, 0.05) is 0 Å². The molecule has 0 bridgehead atoms. The number of unbranched alkanes of at least 4 members (excludes halogenated alkanes) is 1. The molecular formula is C14H22N2O2. The van der Waals surface area contributed by atoms with E-state index in [1.54, 1.807) is 0 Å². The molecule has 4 nitrogen and oxygen atoms in total. The van der Waals surface area contributed by atoms with Crippen molar-refractivity contribution in [2.75, 3.05) is 13.6 Å². The summed E-state index contributed by atoms with van der Waals surface area (Å²) in [6.45, 7) is 1.25. The van der Waals surface area contributed by atoms with Gasteiger partial charge in [-0.2, -0.15) is 0 Å². The van der Waals surface area contributed by atoms with Gasteiger partial charge in [0.2, 0.25) is 0 Å². The number of hydrogen-bond acceptors (Lipinski definition) is 4. The summed E-state index contributed by atoms with van der Waals surface area (Å²) in [6.07, 6.45) is 2.63. The molecule has 100 valence electrons. The van der Waals surface area contributed by atoms with Crippen molar-refractivity contribution in [3.8, 4) is 0 Å². The molecule has 0 unspecified atom stereocenters. The second-order valence-corrected chi connectivity index (χ2v) is 4.30. The topological polar surface area (TPSA) is 64.3 Å². The molecule has 0 aliphatic carbocycles. The third-order valence-electron chi connectivity index (χ3n) is 2.72. The quantitative estimate of drug-likeness (QED) is 0.541. The molecule has 0 saturated heterocycles. The molecule has 0 aromatic heterocycles. The summed E-state index contributed by atoms with van der Waals surface area (Å²) in [5.41, 5.74) is 6.75. The van der Waals surface area contributed by atoms with Crippen molar-refractivity contribution in [1.82, 2.24) is 5.32 Å². The van der Waals surface area contributed by atoms with Crippen molar-refractivity contribution in [3.05, 3.63) is 35.9 Å². The van der Waals surface area contributed by atoms with Crippen LogP contribution < -0.4 is 11.1 Å². The highest BCUT2D eigenvalue weighted by atomic mass is 16.5. The van der Waals surface area contributed by atoms with Crippen LogP contribution in [0.1, 0.15) is 24.8 Å². The minimum atomic E-state index is -0.509. The molecule has 0 spiro atoms. The highest BCUT2D eigenvalue weighted by Crippen LogP contribution is 2.04. The van der Waals surface area contributed by atoms with E-state index in [0.29, 0.717) is 13.0 Å². The molecule has 1 rings (SSSR count). The van der Waals surface area contributed by atoms with Crippen LogP contribution in [0, 0.1) is 0 Å². The Hall–Kier alpha value is -1.39. The first kappa shape index (κ1) is 14.7. The van der Waals surface area contributed by atoms with Crippen molar-refractivity contribution in [2.45, 2.75) is 31.9 Å². The third kappa shape index (κ3) is 5.80. The Bertz CT molecular complexity index is 341. The van der Waals surface area contributed by atoms with E-state index < -0.39 is 6.04 Å². The van der Waals surface area contributed by atoms with Crippen LogP contribution in [-0.2, 0) is 16.1 Å². The van der Waals surface area contributed by atoms with Gasteiger partial charge in [-0.25, -0.2) is 0 Å². The van der Waals surface area contributed by atoms with Gasteiger partial charge < -0.3 is 15.8 Å². The third-order valence-corrected chi connectivity index (χ3v) is 2.72. The number of esters is 1. The van der Waals surface area contributed by atoms with Crippen molar-refractivity contribution in [1.29, 1.82) is 0 Å². The van der Waals surface area contributed by atoms with E-state index in [0.717, 1.165) is 24.9 Å². The van der Waals surface area contributed by atoms with Crippen LogP contribution in [0.5, 0.6) is 0 Å². The number of rotatable bonds is 8. The van der Waals surface area contributed by atoms with Gasteiger partial charge in [-0.15, -0.1) is 0 Å². The van der Waals surface area contributed by atoms with E-state index in [9.17, 15) is 4.79 Å². The zero-order valence-electron chi connectivity index (χ0n) is 10.9. The first-order chi connectivity index (χ1) is 8.74. The Morgan fingerprint density at radius 3 is 2.72 bits per heavy atom. The molecule has 1 atom stereocenters. The minimum Gasteiger partial charge on any atom is -0.460 e. The average molecular weight is 250 g/mol. The maximum absolute atomic E-state index is 11.6. The largest absolute Gasteiger partial charge is 0.460 e. The van der Waals surface area contributed by atoms with Gasteiger partial charge in [0.15, 0.2) is 0 Å². The Balaban J connectivity index is 2.19. The van der Waals surface area contributed by atoms with Crippen molar-refractivity contribution < 1.29 is 9.53 Å². The molecule has 18 heavy (non-hydrogen) atoms. The molecule has 1 aromatic carbocycles. The summed E-state index contributed by atoms with van der Waals surface area (Å²) in [7, 11) is 1.91. The monoisotopic (exact) mass is 250 g/mol. The number of nitrogens with two attached hydrogens (primary N) is 1. The molecule has 0 fully saturated rings. The van der Waals surface area contributed by atoms with Crippen LogP contribution in [0.4, 0.5) is 0 Å². The molecule has 3 N–H and O–H groups in total. The Morgan fingerprint density at radius 1 is 1.33 bits per heavy atom. The normalized spacial score (nSPS) is 12.1. The lowest BCUT2D eigenvalue weighted by Gasteiger charge is -2.11. The summed E-state index contributed by atoms with van der Waals surface area (Å²) >= 11 is 0. The van der Waals surface area contributed by atoms with E-state index in [4.69, 9.17) is 10.5 Å². The highest BCUT2D eigenvalue weighted by Gasteiger charge is 2.14. The van der Waals surface area contributed by atoms with Gasteiger partial charge in [-0.05, 0) is 32.0 Å². The summed E-state index contributed by atoms with van der Waals surface area (Å²) < 4.78 is 5.17. The predicted octanol–water partition coefficient (Wildman–Crippen LogP) is 1.45.